The maximum Gasteiger partial charge on any atom is -0.00191 e. The Kier molecular flexibility index (Phi) is 4.43. The zero-order valence-electron chi connectivity index (χ0n) is 10.5. The van der Waals surface area contributed by atoms with Crippen LogP contribution in [0.1, 0.15) is 52.9 Å². The number of piperidine rings is 1. The molecule has 0 aromatic rings. The van der Waals surface area contributed by atoms with Crippen LogP contribution in [0.5, 0.6) is 0 Å². The van der Waals surface area contributed by atoms with Gasteiger partial charge in [0.1, 0.15) is 0 Å². The molecule has 0 amide bonds. The van der Waals surface area contributed by atoms with E-state index < -0.39 is 0 Å². The van der Waals surface area contributed by atoms with Crippen LogP contribution >= 0.6 is 0 Å². The van der Waals surface area contributed by atoms with Gasteiger partial charge in [-0.3, -0.25) is 0 Å². The topological polar surface area (TPSA) is 3.24 Å². The highest BCUT2D eigenvalue weighted by Crippen LogP contribution is 2.26. The maximum absolute atomic E-state index is 2.46. The van der Waals surface area contributed by atoms with Crippen LogP contribution in [0.2, 0.25) is 0 Å². The van der Waals surface area contributed by atoms with E-state index in [9.17, 15) is 0 Å². The molecule has 1 saturated heterocycles. The third kappa shape index (κ3) is 4.99. The number of nitrogens with zero attached hydrogens (tertiary/aromatic N) is 1. The predicted molar refractivity (Wildman–Crippen MR) is 63.5 cm³/mol. The normalized spacial score (nSPS) is 21.4. The summed E-state index contributed by atoms with van der Waals surface area (Å²) in [5.41, 5.74) is 0.533. The molecule has 1 aliphatic rings. The molecule has 1 fully saturated rings. The van der Waals surface area contributed by atoms with Crippen molar-refractivity contribution in [2.45, 2.75) is 52.9 Å². The fourth-order valence-corrected chi connectivity index (χ4v) is 2.27. The van der Waals surface area contributed by atoms with Crippen molar-refractivity contribution in [1.29, 1.82) is 0 Å². The van der Waals surface area contributed by atoms with Gasteiger partial charge < -0.3 is 4.90 Å². The number of rotatable bonds is 3. The van der Waals surface area contributed by atoms with Crippen LogP contribution in [0.3, 0.4) is 0 Å². The van der Waals surface area contributed by atoms with Crippen molar-refractivity contribution in [1.82, 2.24) is 4.90 Å². The minimum atomic E-state index is 0.533. The number of likely N-dealkylation sites (tertiary alicyclic amines) is 1. The smallest absolute Gasteiger partial charge is 0.00191 e. The van der Waals surface area contributed by atoms with Crippen molar-refractivity contribution < 1.29 is 0 Å². The molecule has 0 atom stereocenters. The standard InChI is InChI=1S/C13H27N/c1-13(2,3)9-5-6-12-7-10-14(4)11-8-12/h12H,5-11H2,1-4H3. The third-order valence-electron chi connectivity index (χ3n) is 3.38. The predicted octanol–water partition coefficient (Wildman–Crippen LogP) is 3.54. The third-order valence-corrected chi connectivity index (χ3v) is 3.38. The molecule has 0 saturated carbocycles. The molecule has 0 N–H and O–H groups in total. The largest absolute Gasteiger partial charge is 0.306 e. The highest BCUT2D eigenvalue weighted by Gasteiger charge is 2.17. The van der Waals surface area contributed by atoms with Gasteiger partial charge in [0.25, 0.3) is 0 Å². The molecule has 1 aliphatic heterocycles. The molecule has 0 aliphatic carbocycles. The summed E-state index contributed by atoms with van der Waals surface area (Å²) in [4.78, 5) is 2.46. The molecule has 0 bridgehead atoms. The van der Waals surface area contributed by atoms with E-state index in [-0.39, 0.29) is 0 Å². The van der Waals surface area contributed by atoms with Crippen molar-refractivity contribution in [3.63, 3.8) is 0 Å². The maximum atomic E-state index is 2.46. The van der Waals surface area contributed by atoms with Crippen LogP contribution in [0.15, 0.2) is 0 Å². The van der Waals surface area contributed by atoms with Crippen LogP contribution in [-0.4, -0.2) is 25.0 Å². The van der Waals surface area contributed by atoms with Gasteiger partial charge in [-0.2, -0.15) is 0 Å². The van der Waals surface area contributed by atoms with Crippen molar-refractivity contribution in [3.8, 4) is 0 Å². The second-order valence-electron chi connectivity index (χ2n) is 6.20. The Hall–Kier alpha value is -0.0400. The van der Waals surface area contributed by atoms with Crippen LogP contribution in [0.4, 0.5) is 0 Å². The van der Waals surface area contributed by atoms with Gasteiger partial charge in [-0.15, -0.1) is 0 Å². The lowest BCUT2D eigenvalue weighted by molar-refractivity contribution is 0.204. The van der Waals surface area contributed by atoms with E-state index in [4.69, 9.17) is 0 Å². The van der Waals surface area contributed by atoms with Gasteiger partial charge >= 0.3 is 0 Å². The van der Waals surface area contributed by atoms with Gasteiger partial charge in [0.15, 0.2) is 0 Å². The highest BCUT2D eigenvalue weighted by atomic mass is 15.1. The number of hydrogen-bond acceptors (Lipinski definition) is 1. The Morgan fingerprint density at radius 2 is 1.71 bits per heavy atom. The molecule has 1 heteroatoms. The summed E-state index contributed by atoms with van der Waals surface area (Å²) in [6, 6.07) is 0. The van der Waals surface area contributed by atoms with E-state index in [1.165, 1.54) is 45.2 Å². The van der Waals surface area contributed by atoms with E-state index in [2.05, 4.69) is 32.7 Å². The Morgan fingerprint density at radius 1 is 1.14 bits per heavy atom. The van der Waals surface area contributed by atoms with Crippen molar-refractivity contribution in [2.24, 2.45) is 11.3 Å². The molecular weight excluding hydrogens is 170 g/mol. The average molecular weight is 197 g/mol. The Balaban J connectivity index is 2.08. The van der Waals surface area contributed by atoms with E-state index in [0.29, 0.717) is 5.41 Å². The quantitative estimate of drug-likeness (QED) is 0.669. The minimum absolute atomic E-state index is 0.533. The molecule has 1 nitrogen and oxygen atoms in total. The first-order valence-corrected chi connectivity index (χ1v) is 6.16. The van der Waals surface area contributed by atoms with Crippen molar-refractivity contribution in [2.75, 3.05) is 20.1 Å². The first-order chi connectivity index (χ1) is 6.47. The lowest BCUT2D eigenvalue weighted by Crippen LogP contribution is -2.30. The van der Waals surface area contributed by atoms with Crippen LogP contribution < -0.4 is 0 Å². The summed E-state index contributed by atoms with van der Waals surface area (Å²) in [5.74, 6) is 1.02. The zero-order valence-corrected chi connectivity index (χ0v) is 10.5. The molecule has 0 spiro atoms. The second-order valence-corrected chi connectivity index (χ2v) is 6.20. The Bertz CT molecular complexity index is 149. The SMILES string of the molecule is CN1CCC(CCCC(C)(C)C)CC1. The summed E-state index contributed by atoms with van der Waals surface area (Å²) in [7, 11) is 2.24. The Labute approximate surface area is 89.9 Å². The molecule has 14 heavy (non-hydrogen) atoms. The molecule has 0 radical (unpaired) electrons. The molecule has 1 rings (SSSR count). The zero-order chi connectivity index (χ0) is 10.6. The van der Waals surface area contributed by atoms with Crippen LogP contribution in [0.25, 0.3) is 0 Å². The monoisotopic (exact) mass is 197 g/mol. The fraction of sp³-hybridized carbons (Fsp3) is 1.00. The van der Waals surface area contributed by atoms with Crippen molar-refractivity contribution >= 4 is 0 Å². The lowest BCUT2D eigenvalue weighted by Gasteiger charge is -2.29. The van der Waals surface area contributed by atoms with Crippen LogP contribution in [0, 0.1) is 11.3 Å². The van der Waals surface area contributed by atoms with Gasteiger partial charge in [0, 0.05) is 0 Å². The summed E-state index contributed by atoms with van der Waals surface area (Å²) in [5, 5.41) is 0. The molecular formula is C13H27N. The minimum Gasteiger partial charge on any atom is -0.306 e. The lowest BCUT2D eigenvalue weighted by atomic mass is 9.85. The molecule has 0 aromatic heterocycles. The summed E-state index contributed by atoms with van der Waals surface area (Å²) in [6.07, 6.45) is 7.14. The first-order valence-electron chi connectivity index (χ1n) is 6.16. The van der Waals surface area contributed by atoms with Gasteiger partial charge in [-0.25, -0.2) is 0 Å². The van der Waals surface area contributed by atoms with E-state index in [0.717, 1.165) is 5.92 Å². The van der Waals surface area contributed by atoms with E-state index in [1.54, 1.807) is 0 Å². The van der Waals surface area contributed by atoms with E-state index >= 15 is 0 Å². The van der Waals surface area contributed by atoms with Gasteiger partial charge in [-0.1, -0.05) is 33.6 Å². The molecule has 1 heterocycles. The highest BCUT2D eigenvalue weighted by molar-refractivity contribution is 4.71. The average Bonchev–Trinajstić information content (AvgIpc) is 2.06. The Morgan fingerprint density at radius 3 is 2.21 bits per heavy atom. The summed E-state index contributed by atoms with van der Waals surface area (Å²) in [6.45, 7) is 9.69. The van der Waals surface area contributed by atoms with Gasteiger partial charge in [-0.05, 0) is 50.7 Å². The molecule has 84 valence electrons. The van der Waals surface area contributed by atoms with Gasteiger partial charge in [0.05, 0.1) is 0 Å². The van der Waals surface area contributed by atoms with Gasteiger partial charge in [0.2, 0.25) is 0 Å². The van der Waals surface area contributed by atoms with E-state index in [1.807, 2.05) is 0 Å². The molecule has 0 aromatic carbocycles. The summed E-state index contributed by atoms with van der Waals surface area (Å²) >= 11 is 0. The molecule has 0 unspecified atom stereocenters. The van der Waals surface area contributed by atoms with Crippen molar-refractivity contribution in [3.05, 3.63) is 0 Å². The van der Waals surface area contributed by atoms with Crippen LogP contribution in [-0.2, 0) is 0 Å². The first kappa shape index (κ1) is 12.0. The summed E-state index contributed by atoms with van der Waals surface area (Å²) < 4.78 is 0. The fourth-order valence-electron chi connectivity index (χ4n) is 2.27. The number of hydrogen-bond donors (Lipinski definition) is 0. The second kappa shape index (κ2) is 5.16.